The lowest BCUT2D eigenvalue weighted by molar-refractivity contribution is -0.359. The van der Waals surface area contributed by atoms with Crippen LogP contribution in [0, 0.1) is 0 Å². The van der Waals surface area contributed by atoms with E-state index in [4.69, 9.17) is 18.9 Å². The summed E-state index contributed by atoms with van der Waals surface area (Å²) in [5.74, 6) is -0.207. The Morgan fingerprint density at radius 3 is 1.31 bits per heavy atom. The molecule has 2 fully saturated rings. The fourth-order valence-corrected chi connectivity index (χ4v) is 11.0. The number of aliphatic hydroxyl groups is 8. The SMILES string of the molecule is CC/C=C\C/C=C\C/C=C\C/C=C\CCCCCCCCCCCCCCC(=O)NC(COC1OC(CO)C(OC2OC(CO)C(O)C(O)C2O)C(O)C1O)C(O)CCCCCCCCCCCCCCCCCCCCCCCC. The van der Waals surface area contributed by atoms with Crippen LogP contribution in [0.25, 0.3) is 0 Å². The smallest absolute Gasteiger partial charge is 0.220 e. The molecule has 0 aromatic heterocycles. The number of hydrogen-bond donors (Lipinski definition) is 9. The van der Waals surface area contributed by atoms with E-state index in [9.17, 15) is 45.6 Å². The highest BCUT2D eigenvalue weighted by molar-refractivity contribution is 5.76. The summed E-state index contributed by atoms with van der Waals surface area (Å²) in [5.41, 5.74) is 0. The van der Waals surface area contributed by atoms with E-state index in [-0.39, 0.29) is 12.5 Å². The second-order valence-corrected chi connectivity index (χ2v) is 23.6. The second kappa shape index (κ2) is 52.3. The summed E-state index contributed by atoms with van der Waals surface area (Å²) in [7, 11) is 0. The molecule has 0 spiro atoms. The molecule has 2 heterocycles. The van der Waals surface area contributed by atoms with Gasteiger partial charge in [0.2, 0.25) is 5.91 Å². The zero-order valence-electron chi connectivity index (χ0n) is 51.3. The van der Waals surface area contributed by atoms with Gasteiger partial charge in [0, 0.05) is 6.42 Å². The van der Waals surface area contributed by atoms with Crippen molar-refractivity contribution in [3.8, 4) is 0 Å². The Morgan fingerprint density at radius 1 is 0.457 bits per heavy atom. The predicted molar refractivity (Wildman–Crippen MR) is 327 cm³/mol. The minimum Gasteiger partial charge on any atom is -0.394 e. The van der Waals surface area contributed by atoms with Crippen LogP contribution in [0.15, 0.2) is 48.6 Å². The van der Waals surface area contributed by atoms with Crippen LogP contribution in [0.1, 0.15) is 277 Å². The molecule has 0 aromatic carbocycles. The number of amides is 1. The Labute approximate surface area is 493 Å². The molecule has 81 heavy (non-hydrogen) atoms. The molecule has 2 aliphatic rings. The van der Waals surface area contributed by atoms with Crippen LogP contribution in [0.2, 0.25) is 0 Å². The van der Waals surface area contributed by atoms with Crippen LogP contribution in [-0.4, -0.2) is 140 Å². The third-order valence-corrected chi connectivity index (χ3v) is 16.3. The van der Waals surface area contributed by atoms with Crippen LogP contribution >= 0.6 is 0 Å². The Hall–Kier alpha value is -2.05. The van der Waals surface area contributed by atoms with Crippen molar-refractivity contribution in [1.29, 1.82) is 0 Å². The van der Waals surface area contributed by atoms with E-state index in [1.165, 1.54) is 167 Å². The molecule has 12 atom stereocenters. The third kappa shape index (κ3) is 37.2. The first-order chi connectivity index (χ1) is 39.6. The fourth-order valence-electron chi connectivity index (χ4n) is 11.0. The van der Waals surface area contributed by atoms with Gasteiger partial charge >= 0.3 is 0 Å². The van der Waals surface area contributed by atoms with Crippen molar-refractivity contribution < 1.29 is 64.6 Å². The lowest BCUT2D eigenvalue weighted by Gasteiger charge is -2.46. The van der Waals surface area contributed by atoms with Gasteiger partial charge in [-0.2, -0.15) is 0 Å². The summed E-state index contributed by atoms with van der Waals surface area (Å²) < 4.78 is 22.9. The van der Waals surface area contributed by atoms with E-state index < -0.39 is 86.8 Å². The van der Waals surface area contributed by atoms with Crippen molar-refractivity contribution in [3.05, 3.63) is 48.6 Å². The number of carbonyl (C=O) groups excluding carboxylic acids is 1. The number of rotatable bonds is 54. The van der Waals surface area contributed by atoms with E-state index in [0.29, 0.717) is 12.8 Å². The molecule has 0 saturated carbocycles. The van der Waals surface area contributed by atoms with Gasteiger partial charge in [-0.05, 0) is 51.4 Å². The van der Waals surface area contributed by atoms with Gasteiger partial charge in [-0.15, -0.1) is 0 Å². The number of ether oxygens (including phenoxy) is 4. The van der Waals surface area contributed by atoms with Gasteiger partial charge in [0.15, 0.2) is 12.6 Å². The minimum absolute atomic E-state index is 0.207. The lowest BCUT2D eigenvalue weighted by atomic mass is 9.97. The van der Waals surface area contributed by atoms with Gasteiger partial charge in [-0.25, -0.2) is 0 Å². The molecule has 0 aromatic rings. The average molecular weight is 1150 g/mol. The van der Waals surface area contributed by atoms with Gasteiger partial charge in [0.05, 0.1) is 32.0 Å². The highest BCUT2D eigenvalue weighted by Crippen LogP contribution is 2.30. The largest absolute Gasteiger partial charge is 0.394 e. The summed E-state index contributed by atoms with van der Waals surface area (Å²) in [4.78, 5) is 13.3. The van der Waals surface area contributed by atoms with Crippen LogP contribution in [0.3, 0.4) is 0 Å². The molecular weight excluding hydrogens is 1030 g/mol. The van der Waals surface area contributed by atoms with Crippen molar-refractivity contribution in [2.45, 2.75) is 351 Å². The molecule has 14 nitrogen and oxygen atoms in total. The fraction of sp³-hybridized carbons (Fsp3) is 0.866. The number of nitrogens with one attached hydrogen (secondary N) is 1. The summed E-state index contributed by atoms with van der Waals surface area (Å²) in [5, 5.41) is 87.5. The summed E-state index contributed by atoms with van der Waals surface area (Å²) >= 11 is 0. The van der Waals surface area contributed by atoms with E-state index in [2.05, 4.69) is 67.8 Å². The van der Waals surface area contributed by atoms with E-state index in [1.54, 1.807) is 0 Å². The molecule has 12 unspecified atom stereocenters. The van der Waals surface area contributed by atoms with E-state index in [1.807, 2.05) is 0 Å². The third-order valence-electron chi connectivity index (χ3n) is 16.3. The maximum Gasteiger partial charge on any atom is 0.220 e. The highest BCUT2D eigenvalue weighted by Gasteiger charge is 2.51. The zero-order valence-corrected chi connectivity index (χ0v) is 51.3. The van der Waals surface area contributed by atoms with Crippen LogP contribution < -0.4 is 5.32 Å². The summed E-state index contributed by atoms with van der Waals surface area (Å²) in [6.45, 7) is 2.78. The normalized spacial score (nSPS) is 24.4. The molecule has 2 rings (SSSR count). The van der Waals surface area contributed by atoms with Crippen LogP contribution in [-0.2, 0) is 23.7 Å². The molecule has 0 radical (unpaired) electrons. The number of unbranched alkanes of at least 4 members (excludes halogenated alkanes) is 33. The standard InChI is InChI=1S/C67H123NO13/c1-3-5-7-9-11-13-15-17-19-21-23-25-27-28-29-31-33-35-37-39-41-43-45-47-49-51-59(72)68-55(54-78-66-64(77)62(75)65(58(53-70)80-66)81-67-63(76)61(74)60(73)57(52-69)79-67)56(71)50-48-46-44-42-40-38-36-34-32-30-26-24-22-20-18-16-14-12-10-8-6-4-2/h5,7,11,13,17,19,23,25,55-58,60-67,69-71,73-77H,3-4,6,8-10,12,14-16,18,20-22,24,26-54H2,1-2H3,(H,68,72)/b7-5-,13-11-,19-17-,25-23-. The van der Waals surface area contributed by atoms with E-state index in [0.717, 1.165) is 83.5 Å². The number of carbonyl (C=O) groups is 1. The first-order valence-corrected chi connectivity index (χ1v) is 33.4. The van der Waals surface area contributed by atoms with Crippen molar-refractivity contribution in [1.82, 2.24) is 5.32 Å². The minimum atomic E-state index is -1.78. The molecule has 0 aliphatic carbocycles. The Kier molecular flexibility index (Phi) is 48.5. The van der Waals surface area contributed by atoms with Gasteiger partial charge in [-0.1, -0.05) is 268 Å². The zero-order chi connectivity index (χ0) is 58.8. The lowest BCUT2D eigenvalue weighted by Crippen LogP contribution is -2.65. The maximum absolute atomic E-state index is 13.3. The predicted octanol–water partition coefficient (Wildman–Crippen LogP) is 12.7. The first-order valence-electron chi connectivity index (χ1n) is 33.4. The topological polar surface area (TPSA) is 228 Å². The molecule has 2 aliphatic heterocycles. The molecule has 14 heteroatoms. The highest BCUT2D eigenvalue weighted by atomic mass is 16.7. The van der Waals surface area contributed by atoms with Gasteiger partial charge < -0.3 is 65.1 Å². The quantitative estimate of drug-likeness (QED) is 0.0204. The monoisotopic (exact) mass is 1150 g/mol. The number of hydrogen-bond acceptors (Lipinski definition) is 13. The Bertz CT molecular complexity index is 1540. The molecule has 0 bridgehead atoms. The van der Waals surface area contributed by atoms with Gasteiger partial charge in [-0.3, -0.25) is 4.79 Å². The molecule has 474 valence electrons. The maximum atomic E-state index is 13.3. The van der Waals surface area contributed by atoms with Crippen molar-refractivity contribution in [2.24, 2.45) is 0 Å². The summed E-state index contributed by atoms with van der Waals surface area (Å²) in [6, 6.07) is -0.832. The van der Waals surface area contributed by atoms with Crippen molar-refractivity contribution >= 4 is 5.91 Å². The average Bonchev–Trinajstić information content (AvgIpc) is 3.47. The molecule has 1 amide bonds. The van der Waals surface area contributed by atoms with Crippen molar-refractivity contribution in [3.63, 3.8) is 0 Å². The Morgan fingerprint density at radius 2 is 0.852 bits per heavy atom. The number of aliphatic hydroxyl groups excluding tert-OH is 8. The van der Waals surface area contributed by atoms with Crippen molar-refractivity contribution in [2.75, 3.05) is 19.8 Å². The molecular formula is C67H123NO13. The van der Waals surface area contributed by atoms with Crippen LogP contribution in [0.4, 0.5) is 0 Å². The first kappa shape index (κ1) is 75.0. The van der Waals surface area contributed by atoms with E-state index >= 15 is 0 Å². The van der Waals surface area contributed by atoms with Crippen LogP contribution in [0.5, 0.6) is 0 Å². The second-order valence-electron chi connectivity index (χ2n) is 23.6. The molecule has 9 N–H and O–H groups in total. The summed E-state index contributed by atoms with van der Waals surface area (Å²) in [6.07, 6.45) is 49.7. The molecule has 2 saturated heterocycles. The number of allylic oxidation sites excluding steroid dienone is 8. The Balaban J connectivity index is 1.70. The van der Waals surface area contributed by atoms with Gasteiger partial charge in [0.25, 0.3) is 0 Å². The van der Waals surface area contributed by atoms with Gasteiger partial charge in [0.1, 0.15) is 48.8 Å².